The smallest absolute Gasteiger partial charge is 0.214 e. The first-order chi connectivity index (χ1) is 17.0. The maximum atomic E-state index is 6.11. The minimum absolute atomic E-state index is 0.334. The molecule has 2 N–H and O–H groups in total. The zero-order chi connectivity index (χ0) is 24.8. The molecule has 182 valence electrons. The molecule has 35 heavy (non-hydrogen) atoms. The van der Waals surface area contributed by atoms with Crippen molar-refractivity contribution in [3.8, 4) is 28.6 Å². The van der Waals surface area contributed by atoms with Crippen LogP contribution in [0.3, 0.4) is 0 Å². The summed E-state index contributed by atoms with van der Waals surface area (Å²) in [6.45, 7) is 3.24. The van der Waals surface area contributed by atoms with Crippen LogP contribution in [0, 0.1) is 4.77 Å². The summed E-state index contributed by atoms with van der Waals surface area (Å²) in [4.78, 5) is 0. The van der Waals surface area contributed by atoms with Crippen LogP contribution in [0.1, 0.15) is 18.1 Å². The van der Waals surface area contributed by atoms with Crippen LogP contribution in [-0.2, 0) is 13.2 Å². The van der Waals surface area contributed by atoms with Crippen LogP contribution in [-0.4, -0.2) is 28.6 Å². The Kier molecular flexibility index (Phi) is 8.17. The van der Waals surface area contributed by atoms with Gasteiger partial charge in [0.15, 0.2) is 17.3 Å². The highest BCUT2D eigenvalue weighted by molar-refractivity contribution is 7.71. The standard InChI is InChI=1S/C25H24Cl2N4O3S/c1-3-33-23-13-16(9-11-22(23)34-15-17-8-10-19(26)20(27)12-17)14-28-31-24(29-30-25(31)35)18-6-4-5-7-21(18)32-2/h4-13,28H,3,14-15H2,1-2H3,(H,30,35). The Balaban J connectivity index is 1.51. The fourth-order valence-corrected chi connectivity index (χ4v) is 3.98. The lowest BCUT2D eigenvalue weighted by atomic mass is 10.2. The first-order valence-corrected chi connectivity index (χ1v) is 12.0. The minimum Gasteiger partial charge on any atom is -0.496 e. The van der Waals surface area contributed by atoms with E-state index in [0.717, 1.165) is 16.7 Å². The van der Waals surface area contributed by atoms with Gasteiger partial charge in [0.05, 0.1) is 35.9 Å². The first-order valence-electron chi connectivity index (χ1n) is 10.9. The Hall–Kier alpha value is -3.20. The monoisotopic (exact) mass is 530 g/mol. The lowest BCUT2D eigenvalue weighted by Gasteiger charge is -2.15. The summed E-state index contributed by atoms with van der Waals surface area (Å²) in [6, 6.07) is 18.8. The van der Waals surface area contributed by atoms with Crippen molar-refractivity contribution in [1.29, 1.82) is 0 Å². The van der Waals surface area contributed by atoms with E-state index in [0.29, 0.717) is 57.6 Å². The maximum absolute atomic E-state index is 6.11. The highest BCUT2D eigenvalue weighted by atomic mass is 35.5. The third-order valence-electron chi connectivity index (χ3n) is 5.15. The van der Waals surface area contributed by atoms with E-state index in [9.17, 15) is 0 Å². The van der Waals surface area contributed by atoms with E-state index in [2.05, 4.69) is 15.6 Å². The van der Waals surface area contributed by atoms with E-state index < -0.39 is 0 Å². The molecule has 0 aliphatic heterocycles. The number of benzene rings is 3. The number of nitrogens with zero attached hydrogens (tertiary/aromatic N) is 2. The lowest BCUT2D eigenvalue weighted by Crippen LogP contribution is -2.16. The van der Waals surface area contributed by atoms with Crippen LogP contribution in [0.5, 0.6) is 17.2 Å². The molecule has 0 amide bonds. The van der Waals surface area contributed by atoms with Gasteiger partial charge in [0.25, 0.3) is 0 Å². The zero-order valence-corrected chi connectivity index (χ0v) is 21.5. The normalized spacial score (nSPS) is 10.7. The zero-order valence-electron chi connectivity index (χ0n) is 19.2. The van der Waals surface area contributed by atoms with Gasteiger partial charge in [0.1, 0.15) is 12.4 Å². The molecule has 0 unspecified atom stereocenters. The van der Waals surface area contributed by atoms with Crippen molar-refractivity contribution in [1.82, 2.24) is 14.9 Å². The van der Waals surface area contributed by atoms with Gasteiger partial charge in [0, 0.05) is 0 Å². The van der Waals surface area contributed by atoms with Crippen molar-refractivity contribution >= 4 is 35.4 Å². The number of hydrogen-bond acceptors (Lipinski definition) is 6. The van der Waals surface area contributed by atoms with E-state index in [1.807, 2.05) is 55.5 Å². The molecular formula is C25H24Cl2N4O3S. The van der Waals surface area contributed by atoms with Gasteiger partial charge in [-0.25, -0.2) is 9.77 Å². The number of aromatic amines is 1. The molecule has 0 atom stereocenters. The second kappa shape index (κ2) is 11.5. The van der Waals surface area contributed by atoms with Gasteiger partial charge >= 0.3 is 0 Å². The number of hydrogen-bond donors (Lipinski definition) is 2. The van der Waals surface area contributed by atoms with Crippen molar-refractivity contribution in [2.75, 3.05) is 19.1 Å². The summed E-state index contributed by atoms with van der Waals surface area (Å²) < 4.78 is 19.5. The molecule has 7 nitrogen and oxygen atoms in total. The molecule has 3 aromatic carbocycles. The second-order valence-electron chi connectivity index (χ2n) is 7.47. The molecule has 4 aromatic rings. The molecule has 0 radical (unpaired) electrons. The summed E-state index contributed by atoms with van der Waals surface area (Å²) in [5.41, 5.74) is 6.03. The summed E-state index contributed by atoms with van der Waals surface area (Å²) in [6.07, 6.45) is 0. The number of para-hydroxylation sites is 1. The van der Waals surface area contributed by atoms with Gasteiger partial charge in [0.2, 0.25) is 4.77 Å². The van der Waals surface area contributed by atoms with Crippen molar-refractivity contribution in [2.45, 2.75) is 20.1 Å². The third kappa shape index (κ3) is 5.90. The summed E-state index contributed by atoms with van der Waals surface area (Å²) >= 11 is 17.5. The van der Waals surface area contributed by atoms with Crippen LogP contribution in [0.25, 0.3) is 11.4 Å². The Labute approximate surface area is 218 Å². The van der Waals surface area contributed by atoms with E-state index in [4.69, 9.17) is 49.6 Å². The fraction of sp³-hybridized carbons (Fsp3) is 0.200. The maximum Gasteiger partial charge on any atom is 0.214 e. The van der Waals surface area contributed by atoms with Gasteiger partial charge in [-0.3, -0.25) is 0 Å². The molecule has 10 heteroatoms. The molecule has 0 aliphatic carbocycles. The van der Waals surface area contributed by atoms with Gasteiger partial charge in [-0.2, -0.15) is 5.10 Å². The van der Waals surface area contributed by atoms with Crippen LogP contribution >= 0.6 is 35.4 Å². The Morgan fingerprint density at radius 2 is 1.74 bits per heavy atom. The number of halogens is 2. The predicted molar refractivity (Wildman–Crippen MR) is 141 cm³/mol. The molecule has 0 saturated heterocycles. The molecule has 0 aliphatic rings. The number of aromatic nitrogens is 3. The number of H-pyrrole nitrogens is 1. The number of ether oxygens (including phenoxy) is 3. The van der Waals surface area contributed by atoms with E-state index >= 15 is 0 Å². The third-order valence-corrected chi connectivity index (χ3v) is 6.16. The summed E-state index contributed by atoms with van der Waals surface area (Å²) in [5, 5.41) is 8.21. The Morgan fingerprint density at radius 3 is 2.51 bits per heavy atom. The number of nitrogens with one attached hydrogen (secondary N) is 2. The molecular weight excluding hydrogens is 507 g/mol. The molecule has 1 heterocycles. The topological polar surface area (TPSA) is 73.3 Å². The van der Waals surface area contributed by atoms with Gasteiger partial charge in [-0.1, -0.05) is 47.5 Å². The quantitative estimate of drug-likeness (QED) is 0.224. The van der Waals surface area contributed by atoms with E-state index in [1.165, 1.54) is 0 Å². The van der Waals surface area contributed by atoms with Crippen molar-refractivity contribution in [3.05, 3.63) is 86.6 Å². The van der Waals surface area contributed by atoms with Crippen LogP contribution in [0.2, 0.25) is 10.0 Å². The number of rotatable bonds is 10. The summed E-state index contributed by atoms with van der Waals surface area (Å²) in [5.74, 6) is 2.61. The molecule has 4 rings (SSSR count). The predicted octanol–water partition coefficient (Wildman–Crippen LogP) is 6.64. The molecule has 0 bridgehead atoms. The highest BCUT2D eigenvalue weighted by Crippen LogP contribution is 2.31. The number of methoxy groups -OCH3 is 1. The van der Waals surface area contributed by atoms with Crippen molar-refractivity contribution < 1.29 is 14.2 Å². The van der Waals surface area contributed by atoms with Gasteiger partial charge in [-0.05, 0) is 66.7 Å². The first kappa shape index (κ1) is 24.9. The molecule has 0 fully saturated rings. The highest BCUT2D eigenvalue weighted by Gasteiger charge is 2.14. The Morgan fingerprint density at radius 1 is 0.943 bits per heavy atom. The molecule has 0 spiro atoms. The fourth-order valence-electron chi connectivity index (χ4n) is 3.46. The lowest BCUT2D eigenvalue weighted by molar-refractivity contribution is 0.269. The van der Waals surface area contributed by atoms with Crippen LogP contribution in [0.4, 0.5) is 0 Å². The minimum atomic E-state index is 0.334. The van der Waals surface area contributed by atoms with Crippen LogP contribution in [0.15, 0.2) is 60.7 Å². The summed E-state index contributed by atoms with van der Waals surface area (Å²) in [7, 11) is 1.62. The van der Waals surface area contributed by atoms with E-state index in [1.54, 1.807) is 23.9 Å². The van der Waals surface area contributed by atoms with Crippen molar-refractivity contribution in [3.63, 3.8) is 0 Å². The molecule has 1 aromatic heterocycles. The van der Waals surface area contributed by atoms with E-state index in [-0.39, 0.29) is 0 Å². The van der Waals surface area contributed by atoms with Gasteiger partial charge in [-0.15, -0.1) is 0 Å². The average Bonchev–Trinajstić information content (AvgIpc) is 3.24. The molecule has 0 saturated carbocycles. The SMILES string of the molecule is CCOc1cc(CNn2c(-c3ccccc3OC)n[nH]c2=S)ccc1OCc1ccc(Cl)c(Cl)c1. The largest absolute Gasteiger partial charge is 0.496 e. The average molecular weight is 531 g/mol. The Bertz CT molecular complexity index is 1370. The van der Waals surface area contributed by atoms with Crippen molar-refractivity contribution in [2.24, 2.45) is 0 Å². The van der Waals surface area contributed by atoms with Gasteiger partial charge < -0.3 is 19.6 Å². The second-order valence-corrected chi connectivity index (χ2v) is 8.68. The van der Waals surface area contributed by atoms with Crippen LogP contribution < -0.4 is 19.6 Å².